The number of aromatic nitrogens is 1. The molecule has 5 nitrogen and oxygen atoms in total. The van der Waals surface area contributed by atoms with Gasteiger partial charge in [0, 0.05) is 20.0 Å². The Hall–Kier alpha value is -1.43. The molecule has 0 aliphatic carbocycles. The maximum Gasteiger partial charge on any atom is 0.192 e. The van der Waals surface area contributed by atoms with Crippen LogP contribution in [0.2, 0.25) is 0 Å². The molecule has 1 saturated heterocycles. The van der Waals surface area contributed by atoms with E-state index < -0.39 is 0 Å². The van der Waals surface area contributed by atoms with Crippen molar-refractivity contribution in [3.8, 4) is 0 Å². The zero-order chi connectivity index (χ0) is 12.5. The number of aryl methyl sites for hydroxylation is 1. The SMILES string of the molecule is Cc1nc2cc(C(N)C3CNCCO3)ccc2o1. The van der Waals surface area contributed by atoms with Crippen molar-refractivity contribution in [1.29, 1.82) is 0 Å². The molecule has 2 atom stereocenters. The number of hydrogen-bond donors (Lipinski definition) is 2. The predicted molar refractivity (Wildman–Crippen MR) is 68.3 cm³/mol. The molecule has 5 heteroatoms. The molecule has 3 N–H and O–H groups in total. The molecule has 0 spiro atoms. The molecule has 2 heterocycles. The van der Waals surface area contributed by atoms with Crippen molar-refractivity contribution in [2.75, 3.05) is 19.7 Å². The van der Waals surface area contributed by atoms with Gasteiger partial charge in [0.15, 0.2) is 11.5 Å². The summed E-state index contributed by atoms with van der Waals surface area (Å²) in [6.45, 7) is 4.24. The third-order valence-electron chi connectivity index (χ3n) is 3.26. The fourth-order valence-corrected chi connectivity index (χ4v) is 2.30. The van der Waals surface area contributed by atoms with Crippen LogP contribution in [0.25, 0.3) is 11.1 Å². The summed E-state index contributed by atoms with van der Waals surface area (Å²) in [6.07, 6.45) is 0.0178. The summed E-state index contributed by atoms with van der Waals surface area (Å²) >= 11 is 0. The number of nitrogens with zero attached hydrogens (tertiary/aromatic N) is 1. The molecule has 0 amide bonds. The van der Waals surface area contributed by atoms with Crippen LogP contribution in [0.5, 0.6) is 0 Å². The topological polar surface area (TPSA) is 73.3 Å². The van der Waals surface area contributed by atoms with Crippen LogP contribution in [0.3, 0.4) is 0 Å². The van der Waals surface area contributed by atoms with Crippen LogP contribution in [0.1, 0.15) is 17.5 Å². The molecule has 0 radical (unpaired) electrons. The lowest BCUT2D eigenvalue weighted by Gasteiger charge is -2.28. The lowest BCUT2D eigenvalue weighted by atomic mass is 10.0. The van der Waals surface area contributed by atoms with Gasteiger partial charge in [-0.1, -0.05) is 6.07 Å². The highest BCUT2D eigenvalue weighted by Crippen LogP contribution is 2.23. The van der Waals surface area contributed by atoms with E-state index in [0.29, 0.717) is 12.5 Å². The second-order valence-electron chi connectivity index (χ2n) is 4.60. The van der Waals surface area contributed by atoms with Gasteiger partial charge < -0.3 is 20.2 Å². The molecule has 18 heavy (non-hydrogen) atoms. The number of hydrogen-bond acceptors (Lipinski definition) is 5. The normalized spacial score (nSPS) is 22.2. The number of rotatable bonds is 2. The van der Waals surface area contributed by atoms with Crippen molar-refractivity contribution in [3.05, 3.63) is 29.7 Å². The molecular formula is C13H17N3O2. The third kappa shape index (κ3) is 2.12. The Kier molecular flexibility index (Phi) is 3.03. The summed E-state index contributed by atoms with van der Waals surface area (Å²) in [5.74, 6) is 0.673. The van der Waals surface area contributed by atoms with E-state index in [1.54, 1.807) is 0 Å². The van der Waals surface area contributed by atoms with E-state index in [1.807, 2.05) is 25.1 Å². The minimum absolute atomic E-state index is 0.0178. The molecule has 0 saturated carbocycles. The van der Waals surface area contributed by atoms with Crippen molar-refractivity contribution in [1.82, 2.24) is 10.3 Å². The Morgan fingerprint density at radius 1 is 1.50 bits per heavy atom. The van der Waals surface area contributed by atoms with Crippen molar-refractivity contribution in [2.24, 2.45) is 5.73 Å². The summed E-state index contributed by atoms with van der Waals surface area (Å²) < 4.78 is 11.1. The van der Waals surface area contributed by atoms with Crippen LogP contribution in [-0.2, 0) is 4.74 Å². The molecular weight excluding hydrogens is 230 g/mol. The summed E-state index contributed by atoms with van der Waals surface area (Å²) in [7, 11) is 0. The van der Waals surface area contributed by atoms with E-state index in [1.165, 1.54) is 0 Å². The van der Waals surface area contributed by atoms with Crippen molar-refractivity contribution < 1.29 is 9.15 Å². The molecule has 96 valence electrons. The van der Waals surface area contributed by atoms with Gasteiger partial charge in [0.1, 0.15) is 5.52 Å². The van der Waals surface area contributed by atoms with Crippen LogP contribution in [0, 0.1) is 6.92 Å². The van der Waals surface area contributed by atoms with E-state index in [9.17, 15) is 0 Å². The first-order valence-corrected chi connectivity index (χ1v) is 6.19. The average Bonchev–Trinajstić information content (AvgIpc) is 2.78. The minimum Gasteiger partial charge on any atom is -0.441 e. The van der Waals surface area contributed by atoms with Gasteiger partial charge in [0.05, 0.1) is 18.8 Å². The van der Waals surface area contributed by atoms with E-state index in [0.717, 1.165) is 29.8 Å². The zero-order valence-corrected chi connectivity index (χ0v) is 10.3. The predicted octanol–water partition coefficient (Wildman–Crippen LogP) is 1.12. The van der Waals surface area contributed by atoms with Gasteiger partial charge in [-0.2, -0.15) is 0 Å². The van der Waals surface area contributed by atoms with Crippen LogP contribution < -0.4 is 11.1 Å². The second kappa shape index (κ2) is 4.68. The van der Waals surface area contributed by atoms with E-state index in [-0.39, 0.29) is 12.1 Å². The number of oxazole rings is 1. The fraction of sp³-hybridized carbons (Fsp3) is 0.462. The van der Waals surface area contributed by atoms with Crippen LogP contribution in [0.15, 0.2) is 22.6 Å². The third-order valence-corrected chi connectivity index (χ3v) is 3.26. The molecule has 2 aromatic rings. The average molecular weight is 247 g/mol. The van der Waals surface area contributed by atoms with Gasteiger partial charge in [-0.25, -0.2) is 4.98 Å². The zero-order valence-electron chi connectivity index (χ0n) is 10.3. The number of morpholine rings is 1. The van der Waals surface area contributed by atoms with Crippen LogP contribution in [0.4, 0.5) is 0 Å². The van der Waals surface area contributed by atoms with Gasteiger partial charge in [-0.15, -0.1) is 0 Å². The first-order valence-electron chi connectivity index (χ1n) is 6.19. The lowest BCUT2D eigenvalue weighted by molar-refractivity contribution is 0.0122. The summed E-state index contributed by atoms with van der Waals surface area (Å²) in [6, 6.07) is 5.74. The molecule has 1 aliphatic rings. The summed E-state index contributed by atoms with van der Waals surface area (Å²) in [4.78, 5) is 4.32. The summed E-state index contributed by atoms with van der Waals surface area (Å²) in [5.41, 5.74) is 8.92. The minimum atomic E-state index is -0.140. The molecule has 1 aromatic heterocycles. The maximum atomic E-state index is 6.24. The Morgan fingerprint density at radius 3 is 3.17 bits per heavy atom. The van der Waals surface area contributed by atoms with Crippen molar-refractivity contribution in [2.45, 2.75) is 19.1 Å². The monoisotopic (exact) mass is 247 g/mol. The highest BCUT2D eigenvalue weighted by molar-refractivity contribution is 5.73. The molecule has 3 rings (SSSR count). The largest absolute Gasteiger partial charge is 0.441 e. The van der Waals surface area contributed by atoms with Crippen molar-refractivity contribution >= 4 is 11.1 Å². The van der Waals surface area contributed by atoms with Gasteiger partial charge in [-0.3, -0.25) is 0 Å². The number of nitrogens with two attached hydrogens (primary N) is 1. The van der Waals surface area contributed by atoms with Gasteiger partial charge in [0.25, 0.3) is 0 Å². The molecule has 0 bridgehead atoms. The van der Waals surface area contributed by atoms with E-state index >= 15 is 0 Å². The number of benzene rings is 1. The molecule has 2 unspecified atom stereocenters. The lowest BCUT2D eigenvalue weighted by Crippen LogP contribution is -2.44. The smallest absolute Gasteiger partial charge is 0.192 e. The molecule has 1 aromatic carbocycles. The highest BCUT2D eigenvalue weighted by atomic mass is 16.5. The Morgan fingerprint density at radius 2 is 2.39 bits per heavy atom. The van der Waals surface area contributed by atoms with E-state index in [2.05, 4.69) is 10.3 Å². The first-order chi connectivity index (χ1) is 8.74. The first kappa shape index (κ1) is 11.6. The standard InChI is InChI=1S/C13H17N3O2/c1-8-16-10-6-9(2-3-11(10)18-8)13(14)12-7-15-4-5-17-12/h2-3,6,12-13,15H,4-5,7,14H2,1H3. The quantitative estimate of drug-likeness (QED) is 0.832. The molecule has 1 fully saturated rings. The summed E-state index contributed by atoms with van der Waals surface area (Å²) in [5, 5.41) is 3.29. The number of ether oxygens (including phenoxy) is 1. The Bertz CT molecular complexity index is 546. The number of fused-ring (bicyclic) bond motifs is 1. The van der Waals surface area contributed by atoms with Crippen LogP contribution >= 0.6 is 0 Å². The van der Waals surface area contributed by atoms with Crippen LogP contribution in [-0.4, -0.2) is 30.8 Å². The van der Waals surface area contributed by atoms with Gasteiger partial charge in [0.2, 0.25) is 0 Å². The number of nitrogens with one attached hydrogen (secondary N) is 1. The van der Waals surface area contributed by atoms with Gasteiger partial charge in [-0.05, 0) is 17.7 Å². The Balaban J connectivity index is 1.88. The highest BCUT2D eigenvalue weighted by Gasteiger charge is 2.23. The second-order valence-corrected chi connectivity index (χ2v) is 4.60. The Labute approximate surface area is 105 Å². The van der Waals surface area contributed by atoms with Crippen molar-refractivity contribution in [3.63, 3.8) is 0 Å². The van der Waals surface area contributed by atoms with E-state index in [4.69, 9.17) is 14.9 Å². The molecule has 1 aliphatic heterocycles. The maximum absolute atomic E-state index is 6.24. The fourth-order valence-electron chi connectivity index (χ4n) is 2.30. The van der Waals surface area contributed by atoms with Gasteiger partial charge >= 0.3 is 0 Å².